The molecule has 5 rings (SSSR count). The van der Waals surface area contributed by atoms with E-state index in [1.165, 1.54) is 0 Å². The number of halogens is 1. The molecule has 1 saturated carbocycles. The van der Waals surface area contributed by atoms with E-state index in [4.69, 9.17) is 16.0 Å². The number of hydrogen-bond donors (Lipinski definition) is 0. The first-order valence-corrected chi connectivity index (χ1v) is 13.6. The quantitative estimate of drug-likeness (QED) is 0.319. The molecule has 206 valence electrons. The summed E-state index contributed by atoms with van der Waals surface area (Å²) in [7, 11) is 1.68. The molecule has 0 bridgehead atoms. The Morgan fingerprint density at radius 3 is 2.49 bits per heavy atom. The highest BCUT2D eigenvalue weighted by molar-refractivity contribution is 5.95. The van der Waals surface area contributed by atoms with E-state index in [1.807, 2.05) is 64.1 Å². The molecule has 0 radical (unpaired) electrons. The van der Waals surface area contributed by atoms with E-state index in [-0.39, 0.29) is 11.5 Å². The first-order chi connectivity index (χ1) is 18.3. The van der Waals surface area contributed by atoms with Crippen LogP contribution in [0, 0.1) is 18.9 Å². The number of carbonyl (C=O) groups is 1. The lowest BCUT2D eigenvalue weighted by Gasteiger charge is -2.56. The van der Waals surface area contributed by atoms with Crippen molar-refractivity contribution in [2.24, 2.45) is 5.41 Å². The summed E-state index contributed by atoms with van der Waals surface area (Å²) in [5.74, 6) is 0.782. The Morgan fingerprint density at radius 2 is 1.90 bits per heavy atom. The van der Waals surface area contributed by atoms with Crippen molar-refractivity contribution < 1.29 is 18.7 Å². The van der Waals surface area contributed by atoms with Crippen molar-refractivity contribution in [3.8, 4) is 5.75 Å². The molecular weight excluding hydrogens is 493 g/mol. The summed E-state index contributed by atoms with van der Waals surface area (Å²) in [6.45, 7) is 18.1. The topological polar surface area (TPSA) is 48.1 Å². The predicted molar refractivity (Wildman–Crippen MR) is 151 cm³/mol. The highest BCUT2D eigenvalue weighted by atomic mass is 19.1. The molecular formula is C32H38FN3O3. The van der Waals surface area contributed by atoms with Crippen molar-refractivity contribution in [2.75, 3.05) is 13.7 Å². The third-order valence-electron chi connectivity index (χ3n) is 8.29. The van der Waals surface area contributed by atoms with Gasteiger partial charge in [-0.25, -0.2) is 14.0 Å². The number of aryl methyl sites for hydroxylation is 1. The van der Waals surface area contributed by atoms with Gasteiger partial charge in [-0.3, -0.25) is 9.47 Å². The molecule has 7 heteroatoms. The molecule has 2 heterocycles. The fourth-order valence-electron chi connectivity index (χ4n) is 6.87. The van der Waals surface area contributed by atoms with Crippen LogP contribution in [0.2, 0.25) is 0 Å². The molecule has 1 atom stereocenters. The fourth-order valence-corrected chi connectivity index (χ4v) is 6.87. The van der Waals surface area contributed by atoms with Gasteiger partial charge in [0.1, 0.15) is 17.0 Å². The molecule has 1 saturated heterocycles. The lowest BCUT2D eigenvalue weighted by Crippen LogP contribution is -2.53. The number of ether oxygens (including phenoxy) is 2. The number of methoxy groups -OCH3 is 1. The number of alkyl halides is 1. The zero-order valence-corrected chi connectivity index (χ0v) is 23.8. The standard InChI is InChI=1S/C32H38FN3O3/c1-21-16-27(38-7)25(24-12-14-36(28(21)24)29(37)39-30(2,3)4)18-35-15-13-32(19-31(5,33)20-32)17-26(35)22-8-10-23(34-6)11-9-22/h8-12,14,16,26H,13,15,17-20H2,1-5,7H3. The van der Waals surface area contributed by atoms with Gasteiger partial charge in [0.25, 0.3) is 0 Å². The molecule has 39 heavy (non-hydrogen) atoms. The van der Waals surface area contributed by atoms with Gasteiger partial charge in [0.05, 0.1) is 19.2 Å². The van der Waals surface area contributed by atoms with Gasteiger partial charge >= 0.3 is 6.09 Å². The van der Waals surface area contributed by atoms with Crippen molar-refractivity contribution in [1.82, 2.24) is 9.47 Å². The lowest BCUT2D eigenvalue weighted by molar-refractivity contribution is -0.106. The van der Waals surface area contributed by atoms with Crippen LogP contribution < -0.4 is 4.74 Å². The van der Waals surface area contributed by atoms with E-state index in [0.717, 1.165) is 52.7 Å². The second kappa shape index (κ2) is 9.67. The van der Waals surface area contributed by atoms with Crippen LogP contribution >= 0.6 is 0 Å². The average Bonchev–Trinajstić information content (AvgIpc) is 3.30. The number of hydrogen-bond acceptors (Lipinski definition) is 4. The fraction of sp³-hybridized carbons (Fsp3) is 0.500. The second-order valence-corrected chi connectivity index (χ2v) is 12.7. The minimum absolute atomic E-state index is 0.00978. The Bertz CT molecular complexity index is 1430. The molecule has 1 aliphatic carbocycles. The van der Waals surface area contributed by atoms with Crippen LogP contribution in [0.5, 0.6) is 5.75 Å². The van der Waals surface area contributed by atoms with E-state index in [9.17, 15) is 9.18 Å². The van der Waals surface area contributed by atoms with E-state index < -0.39 is 17.4 Å². The van der Waals surface area contributed by atoms with Crippen molar-refractivity contribution in [3.63, 3.8) is 0 Å². The number of likely N-dealkylation sites (tertiary alicyclic amines) is 1. The normalized spacial score (nSPS) is 25.3. The van der Waals surface area contributed by atoms with Crippen molar-refractivity contribution in [2.45, 2.75) is 84.2 Å². The van der Waals surface area contributed by atoms with Gasteiger partial charge in [-0.05, 0) is 95.5 Å². The molecule has 2 fully saturated rings. The van der Waals surface area contributed by atoms with Crippen LogP contribution in [0.1, 0.15) is 76.1 Å². The zero-order chi connectivity index (χ0) is 28.2. The molecule has 6 nitrogen and oxygen atoms in total. The van der Waals surface area contributed by atoms with Crippen LogP contribution in [-0.2, 0) is 11.3 Å². The van der Waals surface area contributed by atoms with E-state index in [0.29, 0.717) is 25.1 Å². The third-order valence-corrected chi connectivity index (χ3v) is 8.29. The number of nitrogens with zero attached hydrogens (tertiary/aromatic N) is 3. The summed E-state index contributed by atoms with van der Waals surface area (Å²) in [4.78, 5) is 19.0. The molecule has 0 amide bonds. The van der Waals surface area contributed by atoms with Gasteiger partial charge in [-0.1, -0.05) is 24.3 Å². The lowest BCUT2D eigenvalue weighted by atomic mass is 9.55. The maximum absolute atomic E-state index is 14.7. The summed E-state index contributed by atoms with van der Waals surface area (Å²) in [5.41, 5.74) is 2.84. The van der Waals surface area contributed by atoms with Gasteiger partial charge in [-0.2, -0.15) is 0 Å². The summed E-state index contributed by atoms with van der Waals surface area (Å²) >= 11 is 0. The van der Waals surface area contributed by atoms with Crippen LogP contribution in [0.15, 0.2) is 42.6 Å². The molecule has 1 unspecified atom stereocenters. The maximum Gasteiger partial charge on any atom is 0.419 e. The van der Waals surface area contributed by atoms with E-state index in [2.05, 4.69) is 9.74 Å². The van der Waals surface area contributed by atoms with Crippen molar-refractivity contribution in [3.05, 3.63) is 70.7 Å². The summed E-state index contributed by atoms with van der Waals surface area (Å²) in [6, 6.07) is 11.9. The van der Waals surface area contributed by atoms with Crippen LogP contribution in [0.3, 0.4) is 0 Å². The summed E-state index contributed by atoms with van der Waals surface area (Å²) in [5, 5.41) is 0.958. The van der Waals surface area contributed by atoms with Crippen molar-refractivity contribution >= 4 is 22.7 Å². The third kappa shape index (κ3) is 5.27. The molecule has 1 aromatic heterocycles. The molecule has 3 aromatic rings. The van der Waals surface area contributed by atoms with Gasteiger partial charge < -0.3 is 9.47 Å². The molecule has 0 N–H and O–H groups in total. The Morgan fingerprint density at radius 1 is 1.21 bits per heavy atom. The Hall–Kier alpha value is -3.37. The highest BCUT2D eigenvalue weighted by Gasteiger charge is 2.55. The summed E-state index contributed by atoms with van der Waals surface area (Å²) in [6.07, 6.45) is 4.38. The Labute approximate surface area is 230 Å². The minimum Gasteiger partial charge on any atom is -0.496 e. The molecule has 2 aromatic carbocycles. The molecule has 1 spiro atoms. The zero-order valence-electron chi connectivity index (χ0n) is 23.8. The number of fused-ring (bicyclic) bond motifs is 1. The van der Waals surface area contributed by atoms with Crippen LogP contribution in [0.25, 0.3) is 15.7 Å². The van der Waals surface area contributed by atoms with Gasteiger partial charge in [-0.15, -0.1) is 0 Å². The minimum atomic E-state index is -1.09. The summed E-state index contributed by atoms with van der Waals surface area (Å²) < 4.78 is 27.8. The van der Waals surface area contributed by atoms with E-state index >= 15 is 0 Å². The SMILES string of the molecule is [C-]#[N+]c1ccc(C2CC3(CCN2Cc2c(OC)cc(C)c4c2ccn4C(=O)OC(C)(C)C)CC(C)(F)C3)cc1. The first kappa shape index (κ1) is 27.2. The maximum atomic E-state index is 14.7. The number of rotatable bonds is 4. The van der Waals surface area contributed by atoms with Gasteiger partial charge in [0.15, 0.2) is 5.69 Å². The second-order valence-electron chi connectivity index (χ2n) is 12.7. The highest BCUT2D eigenvalue weighted by Crippen LogP contribution is 2.60. The number of piperidine rings is 1. The van der Waals surface area contributed by atoms with Crippen molar-refractivity contribution in [1.29, 1.82) is 0 Å². The Kier molecular flexibility index (Phi) is 6.75. The number of carbonyl (C=O) groups excluding carboxylic acids is 1. The number of aromatic nitrogens is 1. The average molecular weight is 532 g/mol. The number of benzene rings is 2. The molecule has 2 aliphatic rings. The Balaban J connectivity index is 1.53. The van der Waals surface area contributed by atoms with Gasteiger partial charge in [0, 0.05) is 29.7 Å². The smallest absolute Gasteiger partial charge is 0.419 e. The largest absolute Gasteiger partial charge is 0.496 e. The van der Waals surface area contributed by atoms with E-state index in [1.54, 1.807) is 24.8 Å². The molecule has 1 aliphatic heterocycles. The van der Waals surface area contributed by atoms with Gasteiger partial charge in [0.2, 0.25) is 0 Å². The predicted octanol–water partition coefficient (Wildman–Crippen LogP) is 8.14. The van der Waals surface area contributed by atoms with Crippen LogP contribution in [-0.4, -0.2) is 40.5 Å². The first-order valence-electron chi connectivity index (χ1n) is 13.6. The monoisotopic (exact) mass is 531 g/mol. The van der Waals surface area contributed by atoms with Crippen LogP contribution in [0.4, 0.5) is 14.9 Å².